The van der Waals surface area contributed by atoms with Crippen LogP contribution in [0.4, 0.5) is 11.4 Å². The number of hydrogen-bond acceptors (Lipinski definition) is 3. The summed E-state index contributed by atoms with van der Waals surface area (Å²) in [5, 5.41) is 12.3. The fraction of sp³-hybridized carbons (Fsp3) is 0.500. The zero-order chi connectivity index (χ0) is 13.3. The Morgan fingerprint density at radius 2 is 2.17 bits per heavy atom. The van der Waals surface area contributed by atoms with Gasteiger partial charge in [0, 0.05) is 18.4 Å². The highest BCUT2D eigenvalue weighted by Gasteiger charge is 2.21. The number of aliphatic hydroxyl groups is 1. The minimum atomic E-state index is 0.0485. The van der Waals surface area contributed by atoms with Crippen molar-refractivity contribution in [2.24, 2.45) is 5.92 Å². The normalized spacial score (nSPS) is 15.5. The second kappa shape index (κ2) is 4.98. The highest BCUT2D eigenvalue weighted by molar-refractivity contribution is 5.99. The number of aliphatic hydroxyl groups excluding tert-OH is 1. The number of nitrogens with zero attached hydrogens (tertiary/aromatic N) is 1. The van der Waals surface area contributed by atoms with E-state index in [-0.39, 0.29) is 18.6 Å². The molecule has 1 aliphatic rings. The van der Waals surface area contributed by atoms with Gasteiger partial charge in [0.15, 0.2) is 0 Å². The van der Waals surface area contributed by atoms with Gasteiger partial charge in [0.25, 0.3) is 0 Å². The van der Waals surface area contributed by atoms with Gasteiger partial charge < -0.3 is 15.3 Å². The van der Waals surface area contributed by atoms with Crippen LogP contribution < -0.4 is 10.2 Å². The Morgan fingerprint density at radius 1 is 1.44 bits per heavy atom. The van der Waals surface area contributed by atoms with Crippen molar-refractivity contribution in [2.45, 2.75) is 26.3 Å². The van der Waals surface area contributed by atoms with Crippen LogP contribution >= 0.6 is 0 Å². The Bertz CT molecular complexity index is 457. The average Bonchev–Trinajstić information content (AvgIpc) is 2.68. The molecule has 0 saturated heterocycles. The quantitative estimate of drug-likeness (QED) is 0.851. The van der Waals surface area contributed by atoms with E-state index in [0.717, 1.165) is 16.9 Å². The molecule has 1 heterocycles. The summed E-state index contributed by atoms with van der Waals surface area (Å²) in [6, 6.07) is 6.03. The van der Waals surface area contributed by atoms with Gasteiger partial charge in [0.05, 0.1) is 19.1 Å². The Labute approximate surface area is 108 Å². The smallest absolute Gasteiger partial charge is 0.228 e. The molecular weight excluding hydrogens is 228 g/mol. The summed E-state index contributed by atoms with van der Waals surface area (Å²) in [7, 11) is 1.98. The molecule has 1 unspecified atom stereocenters. The maximum Gasteiger partial charge on any atom is 0.228 e. The molecule has 98 valence electrons. The van der Waals surface area contributed by atoms with Crippen molar-refractivity contribution in [1.29, 1.82) is 0 Å². The molecule has 0 aliphatic carbocycles. The molecule has 0 bridgehead atoms. The number of rotatable bonds is 4. The highest BCUT2D eigenvalue weighted by atomic mass is 16.3. The van der Waals surface area contributed by atoms with Crippen LogP contribution in [0.3, 0.4) is 0 Å². The number of nitrogens with one attached hydrogen (secondary N) is 1. The van der Waals surface area contributed by atoms with Crippen LogP contribution in [0.5, 0.6) is 0 Å². The number of benzene rings is 1. The van der Waals surface area contributed by atoms with Gasteiger partial charge in [-0.05, 0) is 29.7 Å². The summed E-state index contributed by atoms with van der Waals surface area (Å²) in [6.45, 7) is 4.31. The van der Waals surface area contributed by atoms with Gasteiger partial charge in [-0.2, -0.15) is 0 Å². The number of likely N-dealkylation sites (N-methyl/N-ethyl adjacent to an activating group) is 1. The van der Waals surface area contributed by atoms with Crippen molar-refractivity contribution in [2.75, 3.05) is 23.9 Å². The zero-order valence-corrected chi connectivity index (χ0v) is 11.1. The lowest BCUT2D eigenvalue weighted by atomic mass is 10.0. The van der Waals surface area contributed by atoms with Crippen molar-refractivity contribution in [3.8, 4) is 0 Å². The third-order valence-electron chi connectivity index (χ3n) is 3.58. The molecule has 1 amide bonds. The van der Waals surface area contributed by atoms with Crippen LogP contribution in [0.2, 0.25) is 0 Å². The van der Waals surface area contributed by atoms with E-state index in [2.05, 4.69) is 24.1 Å². The Balaban J connectivity index is 2.24. The SMILES string of the molecule is CC(C)C(CO)N(C)c1ccc2c(c1)CC(=O)N2. The number of carbonyl (C=O) groups is 1. The van der Waals surface area contributed by atoms with Gasteiger partial charge in [-0.15, -0.1) is 0 Å². The van der Waals surface area contributed by atoms with Crippen molar-refractivity contribution < 1.29 is 9.90 Å². The molecule has 0 fully saturated rings. The number of hydrogen-bond donors (Lipinski definition) is 2. The Hall–Kier alpha value is -1.55. The van der Waals surface area contributed by atoms with Crippen molar-refractivity contribution in [3.05, 3.63) is 23.8 Å². The third-order valence-corrected chi connectivity index (χ3v) is 3.58. The van der Waals surface area contributed by atoms with Crippen molar-refractivity contribution in [3.63, 3.8) is 0 Å². The summed E-state index contributed by atoms with van der Waals surface area (Å²) >= 11 is 0. The van der Waals surface area contributed by atoms with Gasteiger partial charge in [-0.3, -0.25) is 4.79 Å². The zero-order valence-electron chi connectivity index (χ0n) is 11.1. The molecule has 2 N–H and O–H groups in total. The molecule has 0 radical (unpaired) electrons. The number of anilines is 2. The number of amides is 1. The topological polar surface area (TPSA) is 52.6 Å². The van der Waals surface area contributed by atoms with Crippen LogP contribution in [0, 0.1) is 5.92 Å². The predicted molar refractivity (Wildman–Crippen MR) is 72.9 cm³/mol. The molecule has 4 heteroatoms. The molecule has 2 rings (SSSR count). The van der Waals surface area contributed by atoms with Gasteiger partial charge in [0.1, 0.15) is 0 Å². The molecule has 18 heavy (non-hydrogen) atoms. The van der Waals surface area contributed by atoms with E-state index in [1.54, 1.807) is 0 Å². The first-order valence-corrected chi connectivity index (χ1v) is 6.29. The van der Waals surface area contributed by atoms with Crippen LogP contribution in [0.1, 0.15) is 19.4 Å². The minimum absolute atomic E-state index is 0.0485. The van der Waals surface area contributed by atoms with Gasteiger partial charge in [0.2, 0.25) is 5.91 Å². The van der Waals surface area contributed by atoms with E-state index < -0.39 is 0 Å². The molecule has 0 saturated carbocycles. The summed E-state index contributed by atoms with van der Waals surface area (Å²) < 4.78 is 0. The summed E-state index contributed by atoms with van der Waals surface area (Å²) in [4.78, 5) is 13.4. The summed E-state index contributed by atoms with van der Waals surface area (Å²) in [5.74, 6) is 0.417. The average molecular weight is 248 g/mol. The molecule has 1 aromatic carbocycles. The maximum absolute atomic E-state index is 11.3. The molecule has 1 atom stereocenters. The Kier molecular flexibility index (Phi) is 3.57. The van der Waals surface area contributed by atoms with E-state index in [1.165, 1.54) is 0 Å². The van der Waals surface area contributed by atoms with E-state index in [0.29, 0.717) is 12.3 Å². The lowest BCUT2D eigenvalue weighted by Crippen LogP contribution is -2.38. The first-order chi connectivity index (χ1) is 8.52. The Morgan fingerprint density at radius 3 is 2.78 bits per heavy atom. The fourth-order valence-electron chi connectivity index (χ4n) is 2.41. The largest absolute Gasteiger partial charge is 0.394 e. The van der Waals surface area contributed by atoms with Crippen molar-refractivity contribution >= 4 is 17.3 Å². The maximum atomic E-state index is 11.3. The van der Waals surface area contributed by atoms with E-state index >= 15 is 0 Å². The van der Waals surface area contributed by atoms with E-state index in [4.69, 9.17) is 0 Å². The van der Waals surface area contributed by atoms with Gasteiger partial charge >= 0.3 is 0 Å². The lowest BCUT2D eigenvalue weighted by Gasteiger charge is -2.31. The first-order valence-electron chi connectivity index (χ1n) is 6.29. The van der Waals surface area contributed by atoms with Crippen molar-refractivity contribution in [1.82, 2.24) is 0 Å². The van der Waals surface area contributed by atoms with E-state index in [9.17, 15) is 9.90 Å². The number of fused-ring (bicyclic) bond motifs is 1. The van der Waals surface area contributed by atoms with Crippen LogP contribution in [0.15, 0.2) is 18.2 Å². The standard InChI is InChI=1S/C14H20N2O2/c1-9(2)13(8-17)16(3)11-4-5-12-10(6-11)7-14(18)15-12/h4-6,9,13,17H,7-8H2,1-3H3,(H,15,18). The molecule has 1 aromatic rings. The molecule has 0 spiro atoms. The van der Waals surface area contributed by atoms with Crippen LogP contribution in [-0.4, -0.2) is 30.7 Å². The van der Waals surface area contributed by atoms with Crippen LogP contribution in [-0.2, 0) is 11.2 Å². The second-order valence-electron chi connectivity index (χ2n) is 5.17. The summed E-state index contributed by atoms with van der Waals surface area (Å²) in [5.41, 5.74) is 2.98. The molecule has 1 aliphatic heterocycles. The van der Waals surface area contributed by atoms with E-state index in [1.807, 2.05) is 25.2 Å². The minimum Gasteiger partial charge on any atom is -0.394 e. The van der Waals surface area contributed by atoms with Gasteiger partial charge in [-0.1, -0.05) is 13.8 Å². The predicted octanol–water partition coefficient (Wildman–Crippen LogP) is 1.63. The molecular formula is C14H20N2O2. The second-order valence-corrected chi connectivity index (χ2v) is 5.17. The summed E-state index contributed by atoms with van der Waals surface area (Å²) in [6.07, 6.45) is 0.447. The van der Waals surface area contributed by atoms with Gasteiger partial charge in [-0.25, -0.2) is 0 Å². The monoisotopic (exact) mass is 248 g/mol. The highest BCUT2D eigenvalue weighted by Crippen LogP contribution is 2.29. The fourth-order valence-corrected chi connectivity index (χ4v) is 2.41. The first kappa shape index (κ1) is 12.9. The number of carbonyl (C=O) groups excluding carboxylic acids is 1. The molecule has 0 aromatic heterocycles. The molecule has 4 nitrogen and oxygen atoms in total. The van der Waals surface area contributed by atoms with Crippen LogP contribution in [0.25, 0.3) is 0 Å². The third kappa shape index (κ3) is 2.34. The lowest BCUT2D eigenvalue weighted by molar-refractivity contribution is -0.115.